The summed E-state index contributed by atoms with van der Waals surface area (Å²) in [5.41, 5.74) is 0.220. The molecule has 1 aromatic carbocycles. The third-order valence-corrected chi connectivity index (χ3v) is 1.01. The summed E-state index contributed by atoms with van der Waals surface area (Å²) in [4.78, 5) is 10.1. The molecule has 0 heterocycles. The van der Waals surface area contributed by atoms with Gasteiger partial charge in [0.1, 0.15) is 0 Å². The molecule has 0 amide bonds. The Balaban J connectivity index is 0. The van der Waals surface area contributed by atoms with Crippen LogP contribution in [-0.2, 0) is 0 Å². The van der Waals surface area contributed by atoms with Crippen LogP contribution >= 0.6 is 0 Å². The van der Waals surface area contributed by atoms with Gasteiger partial charge in [-0.25, -0.2) is 0 Å². The normalized spacial score (nSPS) is 7.62. The Hall–Kier alpha value is -0.488. The number of carbonyl (C=O) groups is 1. The molecular formula is C9H10AlClO2. The van der Waals surface area contributed by atoms with Gasteiger partial charge in [0, 0.05) is 0 Å². The molecule has 0 aromatic heterocycles. The van der Waals surface area contributed by atoms with Gasteiger partial charge in [-0.2, -0.15) is 0 Å². The number of hydrogen-bond donors (Lipinski definition) is 0. The fraction of sp³-hybridized carbons (Fsp3) is 0.222. The van der Waals surface area contributed by atoms with E-state index in [0.29, 0.717) is 0 Å². The van der Waals surface area contributed by atoms with Crippen LogP contribution in [0.4, 0.5) is 0 Å². The number of carboxylic acids is 1. The maximum absolute atomic E-state index is 10.1. The summed E-state index contributed by atoms with van der Waals surface area (Å²) < 4.78 is 0. The third kappa shape index (κ3) is 7.86. The number of carbonyl (C=O) groups excluding carboxylic acids is 1. The fourth-order valence-corrected chi connectivity index (χ4v) is 0.574. The first-order valence-electron chi connectivity index (χ1n) is 3.68. The molecule has 0 N–H and O–H groups in total. The van der Waals surface area contributed by atoms with Crippen molar-refractivity contribution in [3.05, 3.63) is 35.9 Å². The number of aromatic carboxylic acids is 1. The first-order valence-corrected chi connectivity index (χ1v) is 4.50. The van der Waals surface area contributed by atoms with Crippen LogP contribution in [0, 0.1) is 0 Å². The molecule has 0 fully saturated rings. The van der Waals surface area contributed by atoms with Crippen LogP contribution in [0.25, 0.3) is 0 Å². The number of rotatable bonds is 1. The van der Waals surface area contributed by atoms with Crippen molar-refractivity contribution in [2.75, 3.05) is 0 Å². The smallest absolute Gasteiger partial charge is 0.0715 e. The molecule has 0 aliphatic heterocycles. The minimum Gasteiger partial charge on any atom is -1.00 e. The Morgan fingerprint density at radius 2 is 1.77 bits per heavy atom. The second-order valence-electron chi connectivity index (χ2n) is 2.06. The predicted octanol–water partition coefficient (Wildman–Crippen LogP) is -2.35. The van der Waals surface area contributed by atoms with Gasteiger partial charge >= 0.3 is 28.5 Å². The fourth-order valence-electron chi connectivity index (χ4n) is 0.574. The summed E-state index contributed by atoms with van der Waals surface area (Å²) >= 11 is 2.58. The largest absolute Gasteiger partial charge is 1.00 e. The van der Waals surface area contributed by atoms with Crippen molar-refractivity contribution in [1.82, 2.24) is 0 Å². The van der Waals surface area contributed by atoms with Crippen LogP contribution in [-0.4, -0.2) is 22.3 Å². The van der Waals surface area contributed by atoms with Gasteiger partial charge in [0.05, 0.1) is 5.97 Å². The molecule has 0 aliphatic rings. The molecule has 68 valence electrons. The van der Waals surface area contributed by atoms with E-state index < -0.39 is 5.97 Å². The predicted molar refractivity (Wildman–Crippen MR) is 47.0 cm³/mol. The average Bonchev–Trinajstić information content (AvgIpc) is 2.07. The minimum atomic E-state index is -1.13. The maximum Gasteiger partial charge on any atom is 0.0715 e. The first-order chi connectivity index (χ1) is 5.72. The van der Waals surface area contributed by atoms with E-state index in [0.717, 1.165) is 0 Å². The molecular weight excluding hydrogens is 203 g/mol. The molecule has 0 spiro atoms. The number of halogens is 1. The van der Waals surface area contributed by atoms with E-state index in [2.05, 4.69) is 23.2 Å². The Morgan fingerprint density at radius 3 is 2.00 bits per heavy atom. The van der Waals surface area contributed by atoms with E-state index in [1.54, 1.807) is 18.2 Å². The summed E-state index contributed by atoms with van der Waals surface area (Å²) in [6.07, 6.45) is 0. The average molecular weight is 213 g/mol. The van der Waals surface area contributed by atoms with Gasteiger partial charge < -0.3 is 22.3 Å². The van der Waals surface area contributed by atoms with Crippen LogP contribution in [0.2, 0.25) is 5.28 Å². The molecule has 1 rings (SSSR count). The topological polar surface area (TPSA) is 40.1 Å². The molecule has 1 aromatic rings. The Labute approximate surface area is 92.8 Å². The molecule has 0 saturated heterocycles. The van der Waals surface area contributed by atoms with E-state index in [4.69, 9.17) is 0 Å². The van der Waals surface area contributed by atoms with Crippen molar-refractivity contribution in [2.45, 2.75) is 12.2 Å². The molecule has 4 heteroatoms. The second-order valence-corrected chi connectivity index (χ2v) is 2.88. The number of carboxylic acid groups (broad SMARTS) is 1. The zero-order valence-corrected chi connectivity index (χ0v) is 9.28. The Bertz CT molecular complexity index is 226. The van der Waals surface area contributed by atoms with Crippen LogP contribution < -0.4 is 17.5 Å². The summed E-state index contributed by atoms with van der Waals surface area (Å²) in [6.45, 7) is 2.09. The van der Waals surface area contributed by atoms with Crippen molar-refractivity contribution >= 4 is 22.3 Å². The van der Waals surface area contributed by atoms with Gasteiger partial charge in [0.2, 0.25) is 0 Å². The van der Waals surface area contributed by atoms with Crippen LogP contribution in [0.5, 0.6) is 0 Å². The summed E-state index contributed by atoms with van der Waals surface area (Å²) in [7, 11) is 0. The van der Waals surface area contributed by atoms with Crippen molar-refractivity contribution in [1.29, 1.82) is 0 Å². The quantitative estimate of drug-likeness (QED) is 0.489. The van der Waals surface area contributed by atoms with Gasteiger partial charge in [-0.05, 0) is 5.56 Å². The van der Waals surface area contributed by atoms with Gasteiger partial charge in [-0.15, -0.1) is 0 Å². The van der Waals surface area contributed by atoms with E-state index >= 15 is 0 Å². The van der Waals surface area contributed by atoms with Crippen molar-refractivity contribution in [2.24, 2.45) is 0 Å². The number of hydrogen-bond acceptors (Lipinski definition) is 2. The van der Waals surface area contributed by atoms with E-state index in [-0.39, 0.29) is 18.0 Å². The molecule has 13 heavy (non-hydrogen) atoms. The molecule has 0 radical (unpaired) electrons. The van der Waals surface area contributed by atoms with Crippen molar-refractivity contribution in [3.63, 3.8) is 0 Å². The van der Waals surface area contributed by atoms with E-state index in [1.807, 2.05) is 0 Å². The first kappa shape index (κ1) is 15.0. The SMILES string of the molecule is C[CH2][Al+2].O=C([O-])c1ccccc1.[Cl-]. The molecule has 0 atom stereocenters. The van der Waals surface area contributed by atoms with Gasteiger partial charge in [0.15, 0.2) is 0 Å². The van der Waals surface area contributed by atoms with Gasteiger partial charge in [-0.1, -0.05) is 30.3 Å². The number of benzene rings is 1. The third-order valence-electron chi connectivity index (χ3n) is 1.01. The van der Waals surface area contributed by atoms with E-state index in [9.17, 15) is 9.90 Å². The molecule has 2 nitrogen and oxygen atoms in total. The van der Waals surface area contributed by atoms with Gasteiger partial charge in [0.25, 0.3) is 0 Å². The van der Waals surface area contributed by atoms with E-state index in [1.165, 1.54) is 17.4 Å². The summed E-state index contributed by atoms with van der Waals surface area (Å²) in [5.74, 6) is -1.13. The van der Waals surface area contributed by atoms with Crippen molar-refractivity contribution < 1.29 is 22.3 Å². The minimum absolute atomic E-state index is 0. The van der Waals surface area contributed by atoms with Crippen molar-refractivity contribution in [3.8, 4) is 0 Å². The zero-order chi connectivity index (χ0) is 9.40. The standard InChI is InChI=1S/C7H6O2.C2H5.Al.ClH/c8-7(9)6-4-2-1-3-5-6;1-2;;/h1-5H,(H,8,9);1H2,2H3;;1H/q;;+2;/p-2. The van der Waals surface area contributed by atoms with Crippen LogP contribution in [0.15, 0.2) is 30.3 Å². The van der Waals surface area contributed by atoms with Crippen LogP contribution in [0.1, 0.15) is 17.3 Å². The molecule has 0 saturated carbocycles. The molecule has 0 aliphatic carbocycles. The van der Waals surface area contributed by atoms with Crippen LogP contribution in [0.3, 0.4) is 0 Å². The second kappa shape index (κ2) is 9.60. The summed E-state index contributed by atoms with van der Waals surface area (Å²) in [5, 5.41) is 11.3. The monoisotopic (exact) mass is 212 g/mol. The maximum atomic E-state index is 10.1. The molecule has 0 unspecified atom stereocenters. The van der Waals surface area contributed by atoms with Gasteiger partial charge in [-0.3, -0.25) is 0 Å². The molecule has 0 bridgehead atoms. The summed E-state index contributed by atoms with van der Waals surface area (Å²) in [6, 6.07) is 8.06. The zero-order valence-electron chi connectivity index (χ0n) is 7.37. The Kier molecular flexibility index (Phi) is 11.1. The Morgan fingerprint density at radius 1 is 1.38 bits per heavy atom.